The number of aliphatic hydroxyl groups excluding tert-OH is 1. The third kappa shape index (κ3) is 1.81. The Morgan fingerprint density at radius 3 is 2.50 bits per heavy atom. The molecule has 1 heterocycles. The number of sulfone groups is 1. The predicted molar refractivity (Wildman–Crippen MR) is 55.9 cm³/mol. The van der Waals surface area contributed by atoms with Gasteiger partial charge in [-0.1, -0.05) is 0 Å². The average Bonchev–Trinajstić information content (AvgIpc) is 2.23. The van der Waals surface area contributed by atoms with E-state index in [1.807, 2.05) is 0 Å². The van der Waals surface area contributed by atoms with Gasteiger partial charge in [0.2, 0.25) is 0 Å². The van der Waals surface area contributed by atoms with Gasteiger partial charge in [-0.3, -0.25) is 0 Å². The van der Waals surface area contributed by atoms with Gasteiger partial charge >= 0.3 is 0 Å². The third-order valence-corrected chi connectivity index (χ3v) is 5.95. The molecule has 14 heavy (non-hydrogen) atoms. The lowest BCUT2D eigenvalue weighted by atomic mass is 9.87. The number of aliphatic hydroxyl groups is 1. The fourth-order valence-electron chi connectivity index (χ4n) is 2.13. The van der Waals surface area contributed by atoms with Crippen LogP contribution in [0.1, 0.15) is 20.3 Å². The van der Waals surface area contributed by atoms with Crippen molar-refractivity contribution in [2.45, 2.75) is 31.1 Å². The summed E-state index contributed by atoms with van der Waals surface area (Å²) in [5.74, 6) is 0.0470. The van der Waals surface area contributed by atoms with E-state index in [1.165, 1.54) is 0 Å². The van der Waals surface area contributed by atoms with E-state index in [1.54, 1.807) is 20.9 Å². The van der Waals surface area contributed by atoms with E-state index in [9.17, 15) is 13.5 Å². The highest BCUT2D eigenvalue weighted by Gasteiger charge is 2.49. The van der Waals surface area contributed by atoms with Crippen LogP contribution >= 0.6 is 0 Å². The molecule has 2 atom stereocenters. The lowest BCUT2D eigenvalue weighted by molar-refractivity contribution is 0.0936. The molecule has 0 aliphatic carbocycles. The molecule has 1 fully saturated rings. The van der Waals surface area contributed by atoms with Crippen molar-refractivity contribution >= 4 is 9.84 Å². The summed E-state index contributed by atoms with van der Waals surface area (Å²) in [6.45, 7) is 3.86. The Balaban J connectivity index is 2.85. The molecule has 0 bridgehead atoms. The van der Waals surface area contributed by atoms with Crippen LogP contribution in [0.15, 0.2) is 0 Å². The van der Waals surface area contributed by atoms with E-state index in [4.69, 9.17) is 0 Å². The minimum absolute atomic E-state index is 0.153. The fraction of sp³-hybridized carbons (Fsp3) is 1.00. The van der Waals surface area contributed by atoms with Crippen molar-refractivity contribution in [1.29, 1.82) is 0 Å². The molecule has 1 aliphatic rings. The zero-order chi connectivity index (χ0) is 11.0. The monoisotopic (exact) mass is 221 g/mol. The van der Waals surface area contributed by atoms with Gasteiger partial charge in [-0.25, -0.2) is 8.42 Å². The Kier molecular flexibility index (Phi) is 3.23. The summed E-state index contributed by atoms with van der Waals surface area (Å²) in [6.07, 6.45) is -0.00896. The van der Waals surface area contributed by atoms with E-state index in [0.29, 0.717) is 13.0 Å². The fourth-order valence-corrected chi connectivity index (χ4v) is 3.96. The standard InChI is InChI=1S/C9H19NO3S/c1-9(2)7(8(11)6-10-3)4-5-14(9,12)13/h7-8,10-11H,4-6H2,1-3H3. The van der Waals surface area contributed by atoms with Gasteiger partial charge in [-0.15, -0.1) is 0 Å². The van der Waals surface area contributed by atoms with Gasteiger partial charge < -0.3 is 10.4 Å². The maximum Gasteiger partial charge on any atom is 0.155 e. The predicted octanol–water partition coefficient (Wildman–Crippen LogP) is -0.220. The molecule has 0 aromatic rings. The van der Waals surface area contributed by atoms with Crippen molar-refractivity contribution in [2.75, 3.05) is 19.3 Å². The molecule has 0 amide bonds. The zero-order valence-corrected chi connectivity index (χ0v) is 9.76. The van der Waals surface area contributed by atoms with Crippen LogP contribution in [0.3, 0.4) is 0 Å². The number of nitrogens with one attached hydrogen (secondary N) is 1. The highest BCUT2D eigenvalue weighted by atomic mass is 32.2. The van der Waals surface area contributed by atoms with Gasteiger partial charge in [0.25, 0.3) is 0 Å². The van der Waals surface area contributed by atoms with Crippen molar-refractivity contribution in [3.63, 3.8) is 0 Å². The Labute approximate surface area is 85.6 Å². The van der Waals surface area contributed by atoms with Gasteiger partial charge in [0.1, 0.15) is 0 Å². The summed E-state index contributed by atoms with van der Waals surface area (Å²) in [5.41, 5.74) is 0. The number of rotatable bonds is 3. The van der Waals surface area contributed by atoms with Gasteiger partial charge in [0.15, 0.2) is 9.84 Å². The van der Waals surface area contributed by atoms with Crippen LogP contribution in [0.4, 0.5) is 0 Å². The molecule has 0 saturated carbocycles. The normalized spacial score (nSPS) is 31.6. The minimum atomic E-state index is -3.02. The van der Waals surface area contributed by atoms with Crippen molar-refractivity contribution < 1.29 is 13.5 Å². The summed E-state index contributed by atoms with van der Waals surface area (Å²) in [6, 6.07) is 0. The van der Waals surface area contributed by atoms with Crippen molar-refractivity contribution in [3.05, 3.63) is 0 Å². The molecule has 5 heteroatoms. The number of hydrogen-bond acceptors (Lipinski definition) is 4. The van der Waals surface area contributed by atoms with E-state index in [0.717, 1.165) is 0 Å². The van der Waals surface area contributed by atoms with E-state index in [2.05, 4.69) is 5.32 Å². The highest BCUT2D eigenvalue weighted by molar-refractivity contribution is 7.93. The van der Waals surface area contributed by atoms with E-state index in [-0.39, 0.29) is 11.7 Å². The molecule has 2 N–H and O–H groups in total. The summed E-state index contributed by atoms with van der Waals surface area (Å²) < 4.78 is 22.6. The topological polar surface area (TPSA) is 66.4 Å². The van der Waals surface area contributed by atoms with Crippen LogP contribution in [-0.2, 0) is 9.84 Å². The number of likely N-dealkylation sites (N-methyl/N-ethyl adjacent to an activating group) is 1. The van der Waals surface area contributed by atoms with Crippen molar-refractivity contribution in [2.24, 2.45) is 5.92 Å². The minimum Gasteiger partial charge on any atom is -0.391 e. The molecule has 0 radical (unpaired) electrons. The molecule has 4 nitrogen and oxygen atoms in total. The molecule has 0 aromatic heterocycles. The maximum absolute atomic E-state index is 11.7. The second-order valence-electron chi connectivity index (χ2n) is 4.44. The van der Waals surface area contributed by atoms with E-state index < -0.39 is 20.7 Å². The Bertz CT molecular complexity index is 297. The van der Waals surface area contributed by atoms with Gasteiger partial charge in [-0.2, -0.15) is 0 Å². The van der Waals surface area contributed by atoms with Crippen LogP contribution in [0.5, 0.6) is 0 Å². The van der Waals surface area contributed by atoms with Crippen LogP contribution in [0.25, 0.3) is 0 Å². The van der Waals surface area contributed by atoms with Crippen LogP contribution in [0.2, 0.25) is 0 Å². The molecule has 84 valence electrons. The lowest BCUT2D eigenvalue weighted by Crippen LogP contribution is -2.43. The average molecular weight is 221 g/mol. The molecule has 1 aliphatic heterocycles. The largest absolute Gasteiger partial charge is 0.391 e. The molecule has 0 aromatic carbocycles. The third-order valence-electron chi connectivity index (χ3n) is 3.27. The SMILES string of the molecule is CNCC(O)C1CCS(=O)(=O)C1(C)C. The van der Waals surface area contributed by atoms with Crippen LogP contribution in [0, 0.1) is 5.92 Å². The summed E-state index contributed by atoms with van der Waals surface area (Å²) in [4.78, 5) is 0. The first kappa shape index (κ1) is 11.9. The molecular weight excluding hydrogens is 202 g/mol. The molecule has 0 spiro atoms. The summed E-state index contributed by atoms with van der Waals surface area (Å²) >= 11 is 0. The number of hydrogen-bond donors (Lipinski definition) is 2. The Morgan fingerprint density at radius 2 is 2.14 bits per heavy atom. The first-order valence-electron chi connectivity index (χ1n) is 4.88. The second kappa shape index (κ2) is 3.79. The molecule has 1 rings (SSSR count). The van der Waals surface area contributed by atoms with Crippen LogP contribution in [-0.4, -0.2) is 43.7 Å². The molecule has 2 unspecified atom stereocenters. The summed E-state index contributed by atoms with van der Waals surface area (Å²) in [5, 5.41) is 12.7. The highest BCUT2D eigenvalue weighted by Crippen LogP contribution is 2.38. The first-order valence-corrected chi connectivity index (χ1v) is 6.53. The van der Waals surface area contributed by atoms with Gasteiger partial charge in [0.05, 0.1) is 16.6 Å². The van der Waals surface area contributed by atoms with Gasteiger partial charge in [0, 0.05) is 12.5 Å². The molecular formula is C9H19NO3S. The van der Waals surface area contributed by atoms with Crippen molar-refractivity contribution in [1.82, 2.24) is 5.32 Å². The molecule has 1 saturated heterocycles. The zero-order valence-electron chi connectivity index (χ0n) is 8.95. The summed E-state index contributed by atoms with van der Waals surface area (Å²) in [7, 11) is -1.28. The lowest BCUT2D eigenvalue weighted by Gasteiger charge is -2.29. The Hall–Kier alpha value is -0.130. The Morgan fingerprint density at radius 1 is 1.57 bits per heavy atom. The van der Waals surface area contributed by atoms with Crippen LogP contribution < -0.4 is 5.32 Å². The first-order chi connectivity index (χ1) is 6.33. The second-order valence-corrected chi connectivity index (χ2v) is 7.13. The quantitative estimate of drug-likeness (QED) is 0.691. The van der Waals surface area contributed by atoms with Crippen molar-refractivity contribution in [3.8, 4) is 0 Å². The van der Waals surface area contributed by atoms with E-state index >= 15 is 0 Å². The van der Waals surface area contributed by atoms with Gasteiger partial charge in [-0.05, 0) is 27.3 Å². The maximum atomic E-state index is 11.7. The smallest absolute Gasteiger partial charge is 0.155 e.